The fourth-order valence-corrected chi connectivity index (χ4v) is 2.07. The highest BCUT2D eigenvalue weighted by molar-refractivity contribution is 6.34. The third-order valence-electron chi connectivity index (χ3n) is 2.73. The molecule has 0 bridgehead atoms. The van der Waals surface area contributed by atoms with Gasteiger partial charge in [-0.05, 0) is 23.7 Å². The Kier molecular flexibility index (Phi) is 4.59. The molecule has 1 aromatic heterocycles. The van der Waals surface area contributed by atoms with Crippen molar-refractivity contribution in [3.63, 3.8) is 0 Å². The Hall–Kier alpha value is -1.92. The maximum Gasteiger partial charge on any atom is 0.265 e. The number of hydrogen-bond acceptors (Lipinski definition) is 4. The van der Waals surface area contributed by atoms with Crippen molar-refractivity contribution in [2.24, 2.45) is 0 Å². The van der Waals surface area contributed by atoms with Crippen LogP contribution >= 0.6 is 23.2 Å². The number of halogens is 3. The highest BCUT2D eigenvalue weighted by atomic mass is 35.5. The molecule has 110 valence electrons. The van der Waals surface area contributed by atoms with E-state index in [0.717, 1.165) is 11.0 Å². The summed E-state index contributed by atoms with van der Waals surface area (Å²) in [6.45, 7) is 0. The van der Waals surface area contributed by atoms with Gasteiger partial charge in [-0.2, -0.15) is 4.98 Å². The summed E-state index contributed by atoms with van der Waals surface area (Å²) < 4.78 is 18.9. The number of rotatable bonds is 3. The van der Waals surface area contributed by atoms with Crippen molar-refractivity contribution >= 4 is 34.9 Å². The molecule has 0 saturated carbocycles. The van der Waals surface area contributed by atoms with E-state index in [0.29, 0.717) is 0 Å². The molecule has 0 aliphatic rings. The lowest BCUT2D eigenvalue weighted by Gasteiger charge is -2.19. The van der Waals surface area contributed by atoms with Crippen LogP contribution in [0, 0.1) is 5.82 Å². The van der Waals surface area contributed by atoms with Crippen LogP contribution in [0.1, 0.15) is 10.4 Å². The van der Waals surface area contributed by atoms with E-state index < -0.39 is 11.7 Å². The Balaban J connectivity index is 2.47. The Labute approximate surface area is 130 Å². The van der Waals surface area contributed by atoms with Gasteiger partial charge in [0.15, 0.2) is 5.82 Å². The third kappa shape index (κ3) is 3.06. The smallest absolute Gasteiger partial charge is 0.265 e. The molecule has 0 unspecified atom stereocenters. The third-order valence-corrected chi connectivity index (χ3v) is 3.18. The average molecular weight is 330 g/mol. The van der Waals surface area contributed by atoms with Crippen molar-refractivity contribution in [1.82, 2.24) is 9.97 Å². The number of anilines is 1. The van der Waals surface area contributed by atoms with Crippen LogP contribution in [0.15, 0.2) is 24.4 Å². The normalized spacial score (nSPS) is 10.3. The molecule has 21 heavy (non-hydrogen) atoms. The van der Waals surface area contributed by atoms with Crippen LogP contribution in [0.25, 0.3) is 0 Å². The van der Waals surface area contributed by atoms with Crippen LogP contribution in [0.4, 0.5) is 10.2 Å². The molecule has 8 heteroatoms. The highest BCUT2D eigenvalue weighted by Crippen LogP contribution is 2.28. The summed E-state index contributed by atoms with van der Waals surface area (Å²) >= 11 is 11.6. The van der Waals surface area contributed by atoms with Gasteiger partial charge in [-0.15, -0.1) is 0 Å². The molecule has 0 aliphatic carbocycles. The summed E-state index contributed by atoms with van der Waals surface area (Å²) in [6, 6.07) is 4.09. The number of amides is 1. The van der Waals surface area contributed by atoms with Crippen molar-refractivity contribution in [2.45, 2.75) is 0 Å². The number of aromatic nitrogens is 2. The first-order valence-electron chi connectivity index (χ1n) is 5.74. The first-order chi connectivity index (χ1) is 9.95. The monoisotopic (exact) mass is 329 g/mol. The Bertz CT molecular complexity index is 697. The minimum absolute atomic E-state index is 0.0745. The van der Waals surface area contributed by atoms with Gasteiger partial charge in [0.1, 0.15) is 22.2 Å². The van der Waals surface area contributed by atoms with Crippen LogP contribution < -0.4 is 9.64 Å². The molecule has 1 aromatic carbocycles. The van der Waals surface area contributed by atoms with Gasteiger partial charge in [-0.1, -0.05) is 17.7 Å². The minimum Gasteiger partial charge on any atom is -0.496 e. The van der Waals surface area contributed by atoms with Gasteiger partial charge < -0.3 is 4.74 Å². The number of nitrogens with zero attached hydrogens (tertiary/aromatic N) is 3. The van der Waals surface area contributed by atoms with E-state index in [1.54, 1.807) is 0 Å². The van der Waals surface area contributed by atoms with Gasteiger partial charge in [0.2, 0.25) is 5.28 Å². The summed E-state index contributed by atoms with van der Waals surface area (Å²) in [6.07, 6.45) is 1.26. The Morgan fingerprint density at radius 3 is 2.76 bits per heavy atom. The zero-order valence-corrected chi connectivity index (χ0v) is 12.6. The number of carbonyl (C=O) groups is 1. The van der Waals surface area contributed by atoms with Crippen molar-refractivity contribution < 1.29 is 13.9 Å². The van der Waals surface area contributed by atoms with Gasteiger partial charge >= 0.3 is 0 Å². The molecule has 0 N–H and O–H groups in total. The lowest BCUT2D eigenvalue weighted by Crippen LogP contribution is -2.29. The largest absolute Gasteiger partial charge is 0.496 e. The molecule has 1 heterocycles. The van der Waals surface area contributed by atoms with E-state index in [1.165, 1.54) is 32.5 Å². The maximum atomic E-state index is 13.9. The number of carbonyl (C=O) groups excluding carboxylic acids is 1. The molecule has 2 aromatic rings. The molecule has 2 rings (SSSR count). The lowest BCUT2D eigenvalue weighted by atomic mass is 10.1. The molecule has 0 aliphatic heterocycles. The van der Waals surface area contributed by atoms with E-state index in [9.17, 15) is 9.18 Å². The van der Waals surface area contributed by atoms with Crippen LogP contribution in [-0.2, 0) is 0 Å². The first-order valence-corrected chi connectivity index (χ1v) is 6.50. The standard InChI is InChI=1S/C13H10Cl2FN3O2/c1-19(11-7(14)6-17-13(15)18-11)12(20)10-8(16)4-3-5-9(10)21-2/h3-6H,1-2H3. The molecular weight excluding hydrogens is 320 g/mol. The maximum absolute atomic E-state index is 13.9. The van der Waals surface area contributed by atoms with Crippen molar-refractivity contribution in [1.29, 1.82) is 0 Å². The second-order valence-corrected chi connectivity index (χ2v) is 4.74. The van der Waals surface area contributed by atoms with Gasteiger partial charge in [0, 0.05) is 7.05 Å². The van der Waals surface area contributed by atoms with E-state index in [1.807, 2.05) is 0 Å². The number of ether oxygens (including phenoxy) is 1. The SMILES string of the molecule is COc1cccc(F)c1C(=O)N(C)c1nc(Cl)ncc1Cl. The topological polar surface area (TPSA) is 55.3 Å². The zero-order chi connectivity index (χ0) is 15.6. The van der Waals surface area contributed by atoms with E-state index >= 15 is 0 Å². The van der Waals surface area contributed by atoms with Crippen LogP contribution in [-0.4, -0.2) is 30.0 Å². The molecule has 5 nitrogen and oxygen atoms in total. The summed E-state index contributed by atoms with van der Waals surface area (Å²) in [5, 5.41) is 0.0418. The quantitative estimate of drug-likeness (QED) is 0.811. The zero-order valence-electron chi connectivity index (χ0n) is 11.1. The van der Waals surface area contributed by atoms with Crippen molar-refractivity contribution in [3.05, 3.63) is 46.1 Å². The highest BCUT2D eigenvalue weighted by Gasteiger charge is 2.24. The second kappa shape index (κ2) is 6.24. The molecule has 0 spiro atoms. The fourth-order valence-electron chi connectivity index (χ4n) is 1.72. The molecule has 0 radical (unpaired) electrons. The van der Waals surface area contributed by atoms with Crippen LogP contribution in [0.2, 0.25) is 10.3 Å². The minimum atomic E-state index is -0.706. The van der Waals surface area contributed by atoms with Gasteiger partial charge in [-0.25, -0.2) is 9.37 Å². The predicted octanol–water partition coefficient (Wildman–Crippen LogP) is 3.21. The number of benzene rings is 1. The van der Waals surface area contributed by atoms with Gasteiger partial charge in [-0.3, -0.25) is 9.69 Å². The van der Waals surface area contributed by atoms with Gasteiger partial charge in [0.25, 0.3) is 5.91 Å². The van der Waals surface area contributed by atoms with Crippen molar-refractivity contribution in [2.75, 3.05) is 19.1 Å². The van der Waals surface area contributed by atoms with E-state index in [4.69, 9.17) is 27.9 Å². The molecular formula is C13H10Cl2FN3O2. The fraction of sp³-hybridized carbons (Fsp3) is 0.154. The lowest BCUT2D eigenvalue weighted by molar-refractivity contribution is 0.0985. The molecule has 0 atom stereocenters. The summed E-state index contributed by atoms with van der Waals surface area (Å²) in [7, 11) is 2.75. The van der Waals surface area contributed by atoms with Crippen molar-refractivity contribution in [3.8, 4) is 5.75 Å². The second-order valence-electron chi connectivity index (χ2n) is 3.99. The molecule has 0 saturated heterocycles. The predicted molar refractivity (Wildman–Crippen MR) is 77.7 cm³/mol. The van der Waals surface area contributed by atoms with E-state index in [-0.39, 0.29) is 27.4 Å². The Morgan fingerprint density at radius 2 is 2.10 bits per heavy atom. The van der Waals surface area contributed by atoms with Crippen LogP contribution in [0.5, 0.6) is 5.75 Å². The summed E-state index contributed by atoms with van der Waals surface area (Å²) in [4.78, 5) is 21.1. The molecule has 1 amide bonds. The average Bonchev–Trinajstić information content (AvgIpc) is 2.48. The molecule has 0 fully saturated rings. The number of hydrogen-bond donors (Lipinski definition) is 0. The summed E-state index contributed by atoms with van der Waals surface area (Å²) in [5.41, 5.74) is -0.215. The van der Waals surface area contributed by atoms with Crippen LogP contribution in [0.3, 0.4) is 0 Å². The Morgan fingerprint density at radius 1 is 1.38 bits per heavy atom. The first kappa shape index (κ1) is 15.5. The summed E-state index contributed by atoms with van der Waals surface area (Å²) in [5.74, 6) is -1.18. The number of methoxy groups -OCH3 is 1. The van der Waals surface area contributed by atoms with E-state index in [2.05, 4.69) is 9.97 Å². The van der Waals surface area contributed by atoms with Gasteiger partial charge in [0.05, 0.1) is 13.3 Å².